The molecule has 6 rings (SSSR count). The Labute approximate surface area is 298 Å². The third-order valence-corrected chi connectivity index (χ3v) is 10.7. The van der Waals surface area contributed by atoms with Gasteiger partial charge in [0.1, 0.15) is 0 Å². The number of benzene rings is 2. The minimum atomic E-state index is -5.08. The molecule has 4 aliphatic heterocycles. The number of ether oxygens (including phenoxy) is 1. The quantitative estimate of drug-likeness (QED) is 0.391. The Bertz CT molecular complexity index is 1570. The highest BCUT2D eigenvalue weighted by Gasteiger charge is 2.40. The number of nitrogens with zero attached hydrogens (tertiary/aromatic N) is 5. The second-order valence-electron chi connectivity index (χ2n) is 14.1. The summed E-state index contributed by atoms with van der Waals surface area (Å²) in [6.07, 6.45) is -9.92. The number of likely N-dealkylation sites (tertiary alicyclic amines) is 2. The summed E-state index contributed by atoms with van der Waals surface area (Å²) in [5.74, 6) is -0.668. The molecule has 1 unspecified atom stereocenters. The summed E-state index contributed by atoms with van der Waals surface area (Å²) in [6, 6.07) is 8.63. The van der Waals surface area contributed by atoms with Gasteiger partial charge in [0.25, 0.3) is 5.91 Å². The van der Waals surface area contributed by atoms with E-state index in [0.29, 0.717) is 57.1 Å². The minimum absolute atomic E-state index is 0.0298. The van der Waals surface area contributed by atoms with E-state index >= 15 is 0 Å². The van der Waals surface area contributed by atoms with Crippen LogP contribution in [0.1, 0.15) is 47.9 Å². The number of hydrogen-bond donors (Lipinski definition) is 1. The van der Waals surface area contributed by atoms with Crippen molar-refractivity contribution in [3.05, 3.63) is 64.7 Å². The van der Waals surface area contributed by atoms with Crippen LogP contribution >= 0.6 is 0 Å². The fourth-order valence-corrected chi connectivity index (χ4v) is 7.70. The molecule has 3 saturated heterocycles. The Balaban J connectivity index is 1.14. The number of anilines is 1. The van der Waals surface area contributed by atoms with Crippen molar-refractivity contribution in [3.63, 3.8) is 0 Å². The van der Waals surface area contributed by atoms with Crippen LogP contribution in [-0.2, 0) is 34.7 Å². The Morgan fingerprint density at radius 1 is 0.788 bits per heavy atom. The fourth-order valence-electron chi connectivity index (χ4n) is 7.70. The molecule has 0 bridgehead atoms. The molecule has 4 amide bonds. The van der Waals surface area contributed by atoms with Crippen molar-refractivity contribution < 1.29 is 45.5 Å². The molecular formula is C36H44F6N6O4. The molecule has 4 heterocycles. The molecular weight excluding hydrogens is 694 g/mol. The van der Waals surface area contributed by atoms with Gasteiger partial charge >= 0.3 is 24.5 Å². The van der Waals surface area contributed by atoms with Gasteiger partial charge in [0.05, 0.1) is 11.1 Å². The van der Waals surface area contributed by atoms with E-state index in [-0.39, 0.29) is 44.3 Å². The first kappa shape index (κ1) is 37.7. The Morgan fingerprint density at radius 3 is 2.00 bits per heavy atom. The summed E-state index contributed by atoms with van der Waals surface area (Å²) in [5.41, 5.74) is -1.68. The maximum atomic E-state index is 13.9. The normalized spacial score (nSPS) is 21.0. The van der Waals surface area contributed by atoms with E-state index in [1.807, 2.05) is 24.3 Å². The van der Waals surface area contributed by atoms with Gasteiger partial charge in [-0.15, -0.1) is 0 Å². The van der Waals surface area contributed by atoms with Gasteiger partial charge in [0.15, 0.2) is 6.10 Å². The summed E-state index contributed by atoms with van der Waals surface area (Å²) < 4.78 is 87.9. The summed E-state index contributed by atoms with van der Waals surface area (Å²) >= 11 is 0. The van der Waals surface area contributed by atoms with E-state index in [1.165, 1.54) is 9.80 Å². The molecule has 3 fully saturated rings. The number of nitrogens with one attached hydrogen (secondary N) is 1. The van der Waals surface area contributed by atoms with Gasteiger partial charge in [-0.25, -0.2) is 9.59 Å². The lowest BCUT2D eigenvalue weighted by Crippen LogP contribution is -2.56. The number of carbonyl (C=O) groups is 3. The SMILES string of the molecule is CN1CCC(N2CCN(C(=O)C(Cc3cc(C(F)(F)F)cc(C(F)(F)F)c3)OC(=O)N3CCC(N4CCc5ccccc5NC4=O)CC3)CC2)CC1. The van der Waals surface area contributed by atoms with Crippen molar-refractivity contribution in [1.29, 1.82) is 0 Å². The van der Waals surface area contributed by atoms with Crippen LogP contribution in [0, 0.1) is 0 Å². The van der Waals surface area contributed by atoms with E-state index in [2.05, 4.69) is 22.2 Å². The number of para-hydroxylation sites is 1. The summed E-state index contributed by atoms with van der Waals surface area (Å²) in [4.78, 5) is 49.7. The lowest BCUT2D eigenvalue weighted by molar-refractivity contribution is -0.143. The lowest BCUT2D eigenvalue weighted by atomic mass is 9.99. The van der Waals surface area contributed by atoms with Crippen LogP contribution in [0.15, 0.2) is 42.5 Å². The van der Waals surface area contributed by atoms with E-state index in [0.717, 1.165) is 37.2 Å². The number of piperazine rings is 1. The molecule has 0 spiro atoms. The minimum Gasteiger partial charge on any atom is -0.436 e. The topological polar surface area (TPSA) is 88.7 Å². The highest BCUT2D eigenvalue weighted by molar-refractivity contribution is 5.91. The van der Waals surface area contributed by atoms with Crippen LogP contribution in [0.5, 0.6) is 0 Å². The number of fused-ring (bicyclic) bond motifs is 1. The average molecular weight is 739 g/mol. The molecule has 0 aliphatic carbocycles. The number of hydrogen-bond acceptors (Lipinski definition) is 6. The van der Waals surface area contributed by atoms with Crippen molar-refractivity contribution in [2.75, 3.05) is 71.3 Å². The van der Waals surface area contributed by atoms with Crippen LogP contribution in [0.4, 0.5) is 41.6 Å². The Kier molecular flexibility index (Phi) is 11.2. The first-order chi connectivity index (χ1) is 24.7. The van der Waals surface area contributed by atoms with Gasteiger partial charge in [-0.05, 0) is 87.6 Å². The van der Waals surface area contributed by atoms with Gasteiger partial charge in [-0.1, -0.05) is 18.2 Å². The van der Waals surface area contributed by atoms with Gasteiger partial charge in [0.2, 0.25) is 0 Å². The first-order valence-corrected chi connectivity index (χ1v) is 17.8. The number of carbonyl (C=O) groups excluding carboxylic acids is 3. The number of amides is 4. The molecule has 16 heteroatoms. The largest absolute Gasteiger partial charge is 0.436 e. The van der Waals surface area contributed by atoms with E-state index in [9.17, 15) is 40.7 Å². The third kappa shape index (κ3) is 8.93. The van der Waals surface area contributed by atoms with E-state index in [4.69, 9.17) is 4.74 Å². The molecule has 10 nitrogen and oxygen atoms in total. The van der Waals surface area contributed by atoms with Gasteiger partial charge in [-0.2, -0.15) is 26.3 Å². The van der Waals surface area contributed by atoms with Crippen LogP contribution in [0.25, 0.3) is 0 Å². The smallest absolute Gasteiger partial charge is 0.416 e. The molecule has 284 valence electrons. The maximum Gasteiger partial charge on any atom is 0.416 e. The van der Waals surface area contributed by atoms with Crippen molar-refractivity contribution >= 4 is 23.7 Å². The van der Waals surface area contributed by atoms with Crippen molar-refractivity contribution in [3.8, 4) is 0 Å². The molecule has 0 radical (unpaired) electrons. The molecule has 2 aromatic carbocycles. The maximum absolute atomic E-state index is 13.9. The van der Waals surface area contributed by atoms with Crippen molar-refractivity contribution in [1.82, 2.24) is 24.5 Å². The molecule has 1 N–H and O–H groups in total. The number of urea groups is 1. The van der Waals surface area contributed by atoms with Crippen LogP contribution in [0.3, 0.4) is 0 Å². The molecule has 52 heavy (non-hydrogen) atoms. The molecule has 2 aromatic rings. The second-order valence-corrected chi connectivity index (χ2v) is 14.1. The van der Waals surface area contributed by atoms with Crippen molar-refractivity contribution in [2.45, 2.75) is 69.1 Å². The van der Waals surface area contributed by atoms with Crippen LogP contribution in [0.2, 0.25) is 0 Å². The molecule has 0 aromatic heterocycles. The number of rotatable bonds is 6. The van der Waals surface area contributed by atoms with Gasteiger partial charge < -0.3 is 29.7 Å². The van der Waals surface area contributed by atoms with Crippen LogP contribution in [-0.4, -0.2) is 127 Å². The highest BCUT2D eigenvalue weighted by atomic mass is 19.4. The standard InChI is InChI=1S/C36H44F6N6O4/c1-44-11-7-28(8-12-44)45-16-18-46(19-17-45)32(49)31(22-24-20-26(35(37,38)39)23-27(21-24)36(40,41)42)52-34(51)47-13-9-29(10-14-47)48-15-6-25-4-2-3-5-30(25)43-33(48)50/h2-5,20-21,23,28-29,31H,6-19,22H2,1H3,(H,43,50). The molecule has 1 atom stereocenters. The third-order valence-electron chi connectivity index (χ3n) is 10.7. The monoisotopic (exact) mass is 738 g/mol. The lowest BCUT2D eigenvalue weighted by Gasteiger charge is -2.42. The van der Waals surface area contributed by atoms with Gasteiger partial charge in [-0.3, -0.25) is 9.69 Å². The Morgan fingerprint density at radius 2 is 1.38 bits per heavy atom. The predicted octanol–water partition coefficient (Wildman–Crippen LogP) is 5.56. The summed E-state index contributed by atoms with van der Waals surface area (Å²) in [6.45, 7) is 4.40. The highest BCUT2D eigenvalue weighted by Crippen LogP contribution is 2.37. The molecule has 0 saturated carbocycles. The van der Waals surface area contributed by atoms with Crippen molar-refractivity contribution in [2.24, 2.45) is 0 Å². The molecule has 4 aliphatic rings. The number of halogens is 6. The van der Waals surface area contributed by atoms with Gasteiger partial charge in [0, 0.05) is 70.0 Å². The predicted molar refractivity (Wildman–Crippen MR) is 180 cm³/mol. The summed E-state index contributed by atoms with van der Waals surface area (Å²) in [5, 5.41) is 2.94. The Hall–Kier alpha value is -4.05. The number of alkyl halides is 6. The van der Waals surface area contributed by atoms with E-state index < -0.39 is 53.6 Å². The van der Waals surface area contributed by atoms with E-state index in [1.54, 1.807) is 4.90 Å². The zero-order valence-electron chi connectivity index (χ0n) is 29.0. The first-order valence-electron chi connectivity index (χ1n) is 17.8. The zero-order valence-corrected chi connectivity index (χ0v) is 29.0. The van der Waals surface area contributed by atoms with Crippen LogP contribution < -0.4 is 5.32 Å². The number of piperidine rings is 2. The average Bonchev–Trinajstić information content (AvgIpc) is 3.28. The fraction of sp³-hybridized carbons (Fsp3) is 0.583. The zero-order chi connectivity index (χ0) is 37.2. The summed E-state index contributed by atoms with van der Waals surface area (Å²) in [7, 11) is 2.06. The second kappa shape index (κ2) is 15.5.